The van der Waals surface area contributed by atoms with Gasteiger partial charge in [-0.1, -0.05) is 243 Å². The average molecular weight is 1020 g/mol. The van der Waals surface area contributed by atoms with Gasteiger partial charge in [0.2, 0.25) is 0 Å². The number of esters is 3. The molecule has 0 N–H and O–H groups in total. The van der Waals surface area contributed by atoms with Gasteiger partial charge < -0.3 is 14.2 Å². The molecular formula is C68H106O6. The fraction of sp³-hybridized carbons (Fsp3) is 0.574. The molecular weight excluding hydrogens is 913 g/mol. The number of hydrogen-bond donors (Lipinski definition) is 0. The van der Waals surface area contributed by atoms with Crippen molar-refractivity contribution < 1.29 is 28.6 Å². The number of carbonyl (C=O) groups excluding carboxylic acids is 3. The lowest BCUT2D eigenvalue weighted by Gasteiger charge is -2.18. The minimum absolute atomic E-state index is 0.114. The Morgan fingerprint density at radius 2 is 0.581 bits per heavy atom. The van der Waals surface area contributed by atoms with Crippen molar-refractivity contribution in [1.29, 1.82) is 0 Å². The smallest absolute Gasteiger partial charge is 0.306 e. The Labute approximate surface area is 454 Å². The summed E-state index contributed by atoms with van der Waals surface area (Å²) in [4.78, 5) is 38.3. The van der Waals surface area contributed by atoms with Gasteiger partial charge in [-0.15, -0.1) is 0 Å². The third kappa shape index (κ3) is 57.9. The van der Waals surface area contributed by atoms with E-state index in [2.05, 4.69) is 179 Å². The van der Waals surface area contributed by atoms with Crippen LogP contribution in [-0.2, 0) is 28.6 Å². The zero-order valence-electron chi connectivity index (χ0n) is 47.3. The number of unbranched alkanes of at least 4 members (excludes halogenated alkanes) is 17. The zero-order chi connectivity index (χ0) is 53.6. The van der Waals surface area contributed by atoms with E-state index in [4.69, 9.17) is 14.2 Å². The van der Waals surface area contributed by atoms with Gasteiger partial charge in [0.15, 0.2) is 6.10 Å². The highest BCUT2D eigenvalue weighted by Crippen LogP contribution is 2.13. The summed E-state index contributed by atoms with van der Waals surface area (Å²) in [7, 11) is 0. The Hall–Kier alpha value is -4.97. The topological polar surface area (TPSA) is 78.9 Å². The van der Waals surface area contributed by atoms with Crippen molar-refractivity contribution in [2.75, 3.05) is 13.2 Å². The first-order valence-corrected chi connectivity index (χ1v) is 29.5. The molecule has 0 amide bonds. The van der Waals surface area contributed by atoms with Crippen molar-refractivity contribution >= 4 is 17.9 Å². The van der Waals surface area contributed by atoms with Gasteiger partial charge in [0.25, 0.3) is 0 Å². The van der Waals surface area contributed by atoms with Crippen LogP contribution in [0.5, 0.6) is 0 Å². The van der Waals surface area contributed by atoms with Gasteiger partial charge in [-0.3, -0.25) is 14.4 Å². The van der Waals surface area contributed by atoms with Crippen LogP contribution < -0.4 is 0 Å². The van der Waals surface area contributed by atoms with E-state index >= 15 is 0 Å². The molecule has 0 saturated heterocycles. The van der Waals surface area contributed by atoms with E-state index in [1.54, 1.807) is 0 Å². The molecule has 0 heterocycles. The van der Waals surface area contributed by atoms with Crippen LogP contribution in [0.25, 0.3) is 0 Å². The summed E-state index contributed by atoms with van der Waals surface area (Å²) in [6.07, 6.45) is 87.9. The van der Waals surface area contributed by atoms with E-state index in [1.165, 1.54) is 32.1 Å². The molecule has 1 unspecified atom stereocenters. The second-order valence-electron chi connectivity index (χ2n) is 18.9. The van der Waals surface area contributed by atoms with Crippen molar-refractivity contribution in [3.63, 3.8) is 0 Å². The lowest BCUT2D eigenvalue weighted by molar-refractivity contribution is -0.167. The first-order valence-electron chi connectivity index (χ1n) is 29.5. The van der Waals surface area contributed by atoms with Crippen LogP contribution >= 0.6 is 0 Å². The van der Waals surface area contributed by atoms with Crippen LogP contribution in [-0.4, -0.2) is 37.2 Å². The van der Waals surface area contributed by atoms with E-state index in [-0.39, 0.29) is 31.1 Å². The van der Waals surface area contributed by atoms with E-state index < -0.39 is 6.10 Å². The van der Waals surface area contributed by atoms with E-state index in [1.807, 2.05) is 0 Å². The fourth-order valence-corrected chi connectivity index (χ4v) is 7.47. The summed E-state index contributed by atoms with van der Waals surface area (Å²) >= 11 is 0. The Balaban J connectivity index is 4.57. The first kappa shape index (κ1) is 69.0. The molecule has 6 heteroatoms. The van der Waals surface area contributed by atoms with Crippen LogP contribution in [0.4, 0.5) is 0 Å². The van der Waals surface area contributed by atoms with Crippen LogP contribution in [0.15, 0.2) is 158 Å². The van der Waals surface area contributed by atoms with Gasteiger partial charge in [0, 0.05) is 19.3 Å². The van der Waals surface area contributed by atoms with Gasteiger partial charge >= 0.3 is 17.9 Å². The van der Waals surface area contributed by atoms with Gasteiger partial charge in [0.1, 0.15) is 13.2 Å². The molecule has 0 rings (SSSR count). The quantitative estimate of drug-likeness (QED) is 0.0199. The highest BCUT2D eigenvalue weighted by atomic mass is 16.6. The molecule has 0 aromatic heterocycles. The van der Waals surface area contributed by atoms with Crippen molar-refractivity contribution in [2.45, 2.75) is 239 Å². The first-order chi connectivity index (χ1) is 36.5. The summed E-state index contributed by atoms with van der Waals surface area (Å²) in [6, 6.07) is 0. The largest absolute Gasteiger partial charge is 0.462 e. The molecule has 0 bridgehead atoms. The third-order valence-electron chi connectivity index (χ3n) is 11.8. The summed E-state index contributed by atoms with van der Waals surface area (Å²) in [5, 5.41) is 0. The molecule has 0 aliphatic rings. The van der Waals surface area contributed by atoms with E-state index in [9.17, 15) is 14.4 Å². The number of carbonyl (C=O) groups is 3. The normalized spacial score (nSPS) is 13.3. The molecule has 1 atom stereocenters. The maximum absolute atomic E-state index is 12.9. The summed E-state index contributed by atoms with van der Waals surface area (Å²) in [5.74, 6) is -0.988. The summed E-state index contributed by atoms with van der Waals surface area (Å²) in [5.41, 5.74) is 0. The number of ether oxygens (including phenoxy) is 3. The molecule has 0 aliphatic heterocycles. The minimum atomic E-state index is -0.819. The molecule has 0 aromatic rings. The molecule has 0 spiro atoms. The SMILES string of the molecule is CC/C=C\C/C=C\C/C=C\C/C=C\C/C=C\CCCCCC(=O)OCC(COC(=O)CCCCCCC\C=C/C=C\C=C/C=C\CCCCC)OC(=O)CCCCCCCC/C=C\C/C=C\C/C=C\C/C=C\CC. The molecule has 6 nitrogen and oxygen atoms in total. The Kier molecular flexibility index (Phi) is 56.5. The molecule has 0 aromatic carbocycles. The molecule has 74 heavy (non-hydrogen) atoms. The van der Waals surface area contributed by atoms with Crippen LogP contribution in [0.1, 0.15) is 233 Å². The van der Waals surface area contributed by atoms with Crippen molar-refractivity contribution in [3.8, 4) is 0 Å². The predicted octanol–water partition coefficient (Wildman–Crippen LogP) is 20.1. The second-order valence-corrected chi connectivity index (χ2v) is 18.9. The van der Waals surface area contributed by atoms with Gasteiger partial charge in [-0.25, -0.2) is 0 Å². The van der Waals surface area contributed by atoms with Crippen LogP contribution in [0.3, 0.4) is 0 Å². The minimum Gasteiger partial charge on any atom is -0.462 e. The summed E-state index contributed by atoms with van der Waals surface area (Å²) in [6.45, 7) is 6.30. The lowest BCUT2D eigenvalue weighted by atomic mass is 10.1. The van der Waals surface area contributed by atoms with Crippen LogP contribution in [0.2, 0.25) is 0 Å². The standard InChI is InChI=1S/C68H106O6/c1-4-7-10-13-16-19-22-25-28-31-34-37-40-43-46-49-52-55-58-61-67(70)73-64-65(63-72-66(69)60-57-54-51-48-45-42-39-36-33-30-27-24-21-18-15-12-9-6-3)74-68(71)62-59-56-53-50-47-44-41-38-35-32-29-26-23-20-17-14-11-8-5-2/h7-8,10-11,16-21,24-30,33-39,43,46,65H,4-6,9,12-15,22-23,31-32,40-42,44-45,47-64H2,1-3H3/b10-7-,11-8-,19-16-,20-17-,21-18-,27-24-,28-25-,29-26-,33-30-,37-34-,38-35-,39-36-,46-43-. The maximum Gasteiger partial charge on any atom is 0.306 e. The fourth-order valence-electron chi connectivity index (χ4n) is 7.47. The Bertz CT molecular complexity index is 1690. The molecule has 414 valence electrons. The van der Waals surface area contributed by atoms with Gasteiger partial charge in [-0.05, 0) is 128 Å². The number of rotatable bonds is 51. The summed E-state index contributed by atoms with van der Waals surface area (Å²) < 4.78 is 16.8. The van der Waals surface area contributed by atoms with Gasteiger partial charge in [0.05, 0.1) is 0 Å². The van der Waals surface area contributed by atoms with Crippen molar-refractivity contribution in [2.24, 2.45) is 0 Å². The molecule has 0 radical (unpaired) electrons. The van der Waals surface area contributed by atoms with Crippen LogP contribution in [0, 0.1) is 0 Å². The number of allylic oxidation sites excluding steroid dienone is 26. The highest BCUT2D eigenvalue weighted by Gasteiger charge is 2.19. The predicted molar refractivity (Wildman–Crippen MR) is 320 cm³/mol. The average Bonchev–Trinajstić information content (AvgIpc) is 3.40. The number of hydrogen-bond acceptors (Lipinski definition) is 6. The monoisotopic (exact) mass is 1020 g/mol. The zero-order valence-corrected chi connectivity index (χ0v) is 47.3. The molecule has 0 fully saturated rings. The van der Waals surface area contributed by atoms with Crippen molar-refractivity contribution in [3.05, 3.63) is 158 Å². The second kappa shape index (κ2) is 60.6. The van der Waals surface area contributed by atoms with E-state index in [0.717, 1.165) is 161 Å². The molecule has 0 saturated carbocycles. The maximum atomic E-state index is 12.9. The Morgan fingerprint density at radius 3 is 0.959 bits per heavy atom. The third-order valence-corrected chi connectivity index (χ3v) is 11.8. The highest BCUT2D eigenvalue weighted by molar-refractivity contribution is 5.71. The lowest BCUT2D eigenvalue weighted by Crippen LogP contribution is -2.30. The van der Waals surface area contributed by atoms with Crippen molar-refractivity contribution in [1.82, 2.24) is 0 Å². The molecule has 0 aliphatic carbocycles. The Morgan fingerprint density at radius 1 is 0.297 bits per heavy atom. The van der Waals surface area contributed by atoms with E-state index in [0.29, 0.717) is 19.3 Å². The van der Waals surface area contributed by atoms with Gasteiger partial charge in [-0.2, -0.15) is 0 Å².